The number of nitrogens with zero attached hydrogens (tertiary/aromatic N) is 2. The van der Waals surface area contributed by atoms with Gasteiger partial charge in [0, 0.05) is 25.3 Å². The van der Waals surface area contributed by atoms with E-state index < -0.39 is 0 Å². The third-order valence-corrected chi connectivity index (χ3v) is 3.80. The molecule has 20 heavy (non-hydrogen) atoms. The number of anilines is 1. The molecule has 3 N–H and O–H groups in total. The third-order valence-electron chi connectivity index (χ3n) is 3.80. The quantitative estimate of drug-likeness (QED) is 0.377. The Morgan fingerprint density at radius 1 is 1.55 bits per heavy atom. The summed E-state index contributed by atoms with van der Waals surface area (Å²) in [7, 11) is 3.60. The molecule has 0 amide bonds. The van der Waals surface area contributed by atoms with Crippen molar-refractivity contribution in [2.24, 2.45) is 10.9 Å². The average molecular weight is 279 g/mol. The van der Waals surface area contributed by atoms with Gasteiger partial charge < -0.3 is 25.3 Å². The highest BCUT2D eigenvalue weighted by molar-refractivity contribution is 6.02. The van der Waals surface area contributed by atoms with Crippen LogP contribution >= 0.6 is 0 Å². The van der Waals surface area contributed by atoms with Crippen molar-refractivity contribution in [3.8, 4) is 5.75 Å². The summed E-state index contributed by atoms with van der Waals surface area (Å²) in [6, 6.07) is 5.73. The fraction of sp³-hybridized carbons (Fsp3) is 0.500. The second-order valence-corrected chi connectivity index (χ2v) is 4.91. The zero-order valence-corrected chi connectivity index (χ0v) is 12.0. The van der Waals surface area contributed by atoms with Crippen LogP contribution in [-0.2, 0) is 4.74 Å². The predicted molar refractivity (Wildman–Crippen MR) is 77.7 cm³/mol. The Balaban J connectivity index is 2.41. The lowest BCUT2D eigenvalue weighted by Gasteiger charge is -2.30. The number of amidine groups is 1. The molecule has 110 valence electrons. The summed E-state index contributed by atoms with van der Waals surface area (Å²) in [4.78, 5) is 2.10. The summed E-state index contributed by atoms with van der Waals surface area (Å²) >= 11 is 0. The molecule has 0 bridgehead atoms. The highest BCUT2D eigenvalue weighted by Crippen LogP contribution is 2.30. The number of ether oxygens (including phenoxy) is 2. The molecule has 6 heteroatoms. The predicted octanol–water partition coefficient (Wildman–Crippen LogP) is 1.40. The van der Waals surface area contributed by atoms with Gasteiger partial charge in [0.25, 0.3) is 0 Å². The number of rotatable bonds is 4. The van der Waals surface area contributed by atoms with Gasteiger partial charge in [-0.3, -0.25) is 0 Å². The van der Waals surface area contributed by atoms with E-state index in [2.05, 4.69) is 17.0 Å². The summed E-state index contributed by atoms with van der Waals surface area (Å²) in [5.41, 5.74) is 7.30. The molecule has 1 heterocycles. The Morgan fingerprint density at radius 3 is 2.85 bits per heavy atom. The van der Waals surface area contributed by atoms with E-state index in [4.69, 9.17) is 20.4 Å². The van der Waals surface area contributed by atoms with E-state index in [0.717, 1.165) is 24.5 Å². The molecule has 6 nitrogen and oxygen atoms in total. The van der Waals surface area contributed by atoms with Crippen molar-refractivity contribution >= 4 is 11.5 Å². The van der Waals surface area contributed by atoms with Gasteiger partial charge in [-0.1, -0.05) is 5.16 Å². The second kappa shape index (κ2) is 6.00. The van der Waals surface area contributed by atoms with Crippen LogP contribution in [0.4, 0.5) is 5.69 Å². The van der Waals surface area contributed by atoms with Crippen LogP contribution in [0.5, 0.6) is 5.75 Å². The molecule has 2 atom stereocenters. The molecule has 0 spiro atoms. The minimum Gasteiger partial charge on any atom is -0.497 e. The molecule has 2 unspecified atom stereocenters. The van der Waals surface area contributed by atoms with Gasteiger partial charge in [-0.15, -0.1) is 0 Å². The largest absolute Gasteiger partial charge is 0.497 e. The Labute approximate surface area is 118 Å². The van der Waals surface area contributed by atoms with Crippen LogP contribution < -0.4 is 15.4 Å². The van der Waals surface area contributed by atoms with E-state index in [1.165, 1.54) is 0 Å². The van der Waals surface area contributed by atoms with Gasteiger partial charge in [0.15, 0.2) is 5.84 Å². The first-order chi connectivity index (χ1) is 9.58. The van der Waals surface area contributed by atoms with Crippen molar-refractivity contribution in [2.45, 2.75) is 25.5 Å². The van der Waals surface area contributed by atoms with E-state index in [1.54, 1.807) is 19.2 Å². The number of hydrogen-bond donors (Lipinski definition) is 2. The fourth-order valence-corrected chi connectivity index (χ4v) is 2.61. The molecular formula is C14H21N3O3. The minimum absolute atomic E-state index is 0.0843. The lowest BCUT2D eigenvalue weighted by molar-refractivity contribution is 0.118. The topological polar surface area (TPSA) is 80.3 Å². The van der Waals surface area contributed by atoms with Crippen molar-refractivity contribution in [2.75, 3.05) is 25.7 Å². The van der Waals surface area contributed by atoms with Gasteiger partial charge in [-0.05, 0) is 25.5 Å². The minimum atomic E-state index is 0.0843. The molecule has 1 aromatic carbocycles. The number of nitrogens with two attached hydrogens (primary N) is 1. The molecule has 0 aliphatic carbocycles. The number of methoxy groups -OCH3 is 1. The van der Waals surface area contributed by atoms with Crippen molar-refractivity contribution in [1.82, 2.24) is 0 Å². The van der Waals surface area contributed by atoms with Crippen molar-refractivity contribution < 1.29 is 14.7 Å². The van der Waals surface area contributed by atoms with E-state index in [9.17, 15) is 0 Å². The van der Waals surface area contributed by atoms with Crippen molar-refractivity contribution in [3.63, 3.8) is 0 Å². The Kier molecular flexibility index (Phi) is 4.34. The lowest BCUT2D eigenvalue weighted by Crippen LogP contribution is -2.38. The first kappa shape index (κ1) is 14.5. The molecule has 0 aromatic heterocycles. The summed E-state index contributed by atoms with van der Waals surface area (Å²) in [6.45, 7) is 2.80. The first-order valence-electron chi connectivity index (χ1n) is 6.59. The Morgan fingerprint density at radius 2 is 2.30 bits per heavy atom. The highest BCUT2D eigenvalue weighted by atomic mass is 16.5. The Bertz CT molecular complexity index is 504. The second-order valence-electron chi connectivity index (χ2n) is 4.91. The molecule has 2 rings (SSSR count). The Hall–Kier alpha value is -1.95. The SMILES string of the molecule is COc1ccc(/C(N)=N/O)c(N(C)C2CCOC2C)c1. The molecule has 1 aliphatic rings. The van der Waals surface area contributed by atoms with Crippen LogP contribution in [0.1, 0.15) is 18.9 Å². The molecule has 1 aromatic rings. The van der Waals surface area contributed by atoms with E-state index in [0.29, 0.717) is 5.56 Å². The average Bonchev–Trinajstić information content (AvgIpc) is 2.91. The summed E-state index contributed by atoms with van der Waals surface area (Å²) in [6.07, 6.45) is 1.09. The van der Waals surface area contributed by atoms with Gasteiger partial charge in [0.1, 0.15) is 5.75 Å². The van der Waals surface area contributed by atoms with Gasteiger partial charge >= 0.3 is 0 Å². The number of oxime groups is 1. The smallest absolute Gasteiger partial charge is 0.172 e. The van der Waals surface area contributed by atoms with Crippen LogP contribution in [0.3, 0.4) is 0 Å². The van der Waals surface area contributed by atoms with Crippen LogP contribution in [0.25, 0.3) is 0 Å². The van der Waals surface area contributed by atoms with Crippen molar-refractivity contribution in [1.29, 1.82) is 0 Å². The van der Waals surface area contributed by atoms with Crippen LogP contribution in [-0.4, -0.2) is 44.0 Å². The summed E-state index contributed by atoms with van der Waals surface area (Å²) in [5.74, 6) is 0.814. The monoisotopic (exact) mass is 279 g/mol. The van der Waals surface area contributed by atoms with Gasteiger partial charge in [0.2, 0.25) is 0 Å². The maximum Gasteiger partial charge on any atom is 0.172 e. The van der Waals surface area contributed by atoms with Gasteiger partial charge in [-0.2, -0.15) is 0 Å². The van der Waals surface area contributed by atoms with Crippen molar-refractivity contribution in [3.05, 3.63) is 23.8 Å². The number of benzene rings is 1. The zero-order valence-electron chi connectivity index (χ0n) is 12.0. The molecule has 0 saturated carbocycles. The summed E-state index contributed by atoms with van der Waals surface area (Å²) < 4.78 is 10.9. The molecule has 1 aliphatic heterocycles. The lowest BCUT2D eigenvalue weighted by atomic mass is 10.1. The zero-order chi connectivity index (χ0) is 14.7. The summed E-state index contributed by atoms with van der Waals surface area (Å²) in [5, 5.41) is 12.0. The number of hydrogen-bond acceptors (Lipinski definition) is 5. The van der Waals surface area contributed by atoms with Crippen LogP contribution in [0.2, 0.25) is 0 Å². The van der Waals surface area contributed by atoms with E-state index in [-0.39, 0.29) is 18.0 Å². The maximum absolute atomic E-state index is 8.93. The molecular weight excluding hydrogens is 258 g/mol. The van der Waals surface area contributed by atoms with E-state index in [1.807, 2.05) is 13.1 Å². The van der Waals surface area contributed by atoms with Crippen LogP contribution in [0, 0.1) is 0 Å². The van der Waals surface area contributed by atoms with Gasteiger partial charge in [-0.25, -0.2) is 0 Å². The van der Waals surface area contributed by atoms with E-state index >= 15 is 0 Å². The highest BCUT2D eigenvalue weighted by Gasteiger charge is 2.29. The molecule has 0 radical (unpaired) electrons. The number of likely N-dealkylation sites (N-methyl/N-ethyl adjacent to an activating group) is 1. The van der Waals surface area contributed by atoms with Gasteiger partial charge in [0.05, 0.1) is 24.9 Å². The third kappa shape index (κ3) is 2.65. The standard InChI is InChI=1S/C14H21N3O3/c1-9-12(6-7-20-9)17(2)13-8-10(19-3)4-5-11(13)14(15)16-18/h4-5,8-9,12,18H,6-7H2,1-3H3,(H2,15,16). The van der Waals surface area contributed by atoms with Crippen LogP contribution in [0.15, 0.2) is 23.4 Å². The molecule has 1 fully saturated rings. The normalized spacial score (nSPS) is 22.9. The maximum atomic E-state index is 8.93. The fourth-order valence-electron chi connectivity index (χ4n) is 2.61. The first-order valence-corrected chi connectivity index (χ1v) is 6.59. The molecule has 1 saturated heterocycles.